The number of aromatic nitrogens is 1. The molecule has 1 aromatic rings. The zero-order valence-corrected chi connectivity index (χ0v) is 6.11. The van der Waals surface area contributed by atoms with Gasteiger partial charge in [-0.1, -0.05) is 0 Å². The molecule has 0 aliphatic carbocycles. The van der Waals surface area contributed by atoms with Gasteiger partial charge >= 0.3 is 5.97 Å². The van der Waals surface area contributed by atoms with Crippen LogP contribution in [0.15, 0.2) is 15.6 Å². The van der Waals surface area contributed by atoms with E-state index in [4.69, 9.17) is 10.8 Å². The van der Waals surface area contributed by atoms with Crippen LogP contribution in [0.25, 0.3) is 0 Å². The van der Waals surface area contributed by atoms with E-state index in [-0.39, 0.29) is 12.0 Å². The number of nitrogens with two attached hydrogens (primary N) is 1. The Hall–Kier alpha value is -1.56. The predicted octanol–water partition coefficient (Wildman–Crippen LogP) is -1.08. The van der Waals surface area contributed by atoms with Crippen LogP contribution in [0, 0.1) is 0 Å². The minimum Gasteiger partial charge on any atom is -0.480 e. The standard InChI is InChI=1S/C6H8N2O4/c7-4(6(10)11)1-3-2-12-8-5(3)9/h2,4H,1,7H2,(H,8,9)(H,10,11)/t4-/m1/s1. The lowest BCUT2D eigenvalue weighted by Gasteiger charge is -2.00. The molecule has 0 bridgehead atoms. The lowest BCUT2D eigenvalue weighted by molar-refractivity contribution is -0.138. The smallest absolute Gasteiger partial charge is 0.320 e. The highest BCUT2D eigenvalue weighted by Gasteiger charge is 2.14. The molecule has 6 heteroatoms. The van der Waals surface area contributed by atoms with E-state index < -0.39 is 17.6 Å². The average molecular weight is 172 g/mol. The van der Waals surface area contributed by atoms with E-state index in [1.54, 1.807) is 0 Å². The molecule has 66 valence electrons. The summed E-state index contributed by atoms with van der Waals surface area (Å²) in [4.78, 5) is 21.0. The molecule has 0 saturated heterocycles. The van der Waals surface area contributed by atoms with Crippen molar-refractivity contribution in [2.24, 2.45) is 5.73 Å². The third-order valence-corrected chi connectivity index (χ3v) is 1.40. The van der Waals surface area contributed by atoms with E-state index in [0.717, 1.165) is 6.26 Å². The van der Waals surface area contributed by atoms with E-state index in [1.807, 2.05) is 5.16 Å². The summed E-state index contributed by atoms with van der Waals surface area (Å²) in [7, 11) is 0. The topological polar surface area (TPSA) is 109 Å². The van der Waals surface area contributed by atoms with Crippen LogP contribution in [0.3, 0.4) is 0 Å². The number of carboxylic acid groups (broad SMARTS) is 1. The van der Waals surface area contributed by atoms with Gasteiger partial charge in [-0.2, -0.15) is 5.16 Å². The minimum atomic E-state index is -1.14. The number of aromatic amines is 1. The molecule has 0 aliphatic rings. The summed E-state index contributed by atoms with van der Waals surface area (Å²) in [6.45, 7) is 0. The first kappa shape index (κ1) is 8.54. The largest absolute Gasteiger partial charge is 0.480 e. The van der Waals surface area contributed by atoms with Gasteiger partial charge in [0.15, 0.2) is 0 Å². The third kappa shape index (κ3) is 1.73. The van der Waals surface area contributed by atoms with Crippen molar-refractivity contribution in [3.05, 3.63) is 22.2 Å². The molecule has 0 aromatic carbocycles. The molecule has 0 radical (unpaired) electrons. The van der Waals surface area contributed by atoms with E-state index in [2.05, 4.69) is 4.52 Å². The Balaban J connectivity index is 2.70. The van der Waals surface area contributed by atoms with Crippen LogP contribution in [-0.2, 0) is 11.2 Å². The summed E-state index contributed by atoms with van der Waals surface area (Å²) >= 11 is 0. The molecular weight excluding hydrogens is 164 g/mol. The Morgan fingerprint density at radius 2 is 2.50 bits per heavy atom. The number of hydrogen-bond donors (Lipinski definition) is 3. The van der Waals surface area contributed by atoms with Crippen molar-refractivity contribution >= 4 is 5.97 Å². The number of carbonyl (C=O) groups is 1. The molecule has 1 heterocycles. The van der Waals surface area contributed by atoms with Crippen LogP contribution in [-0.4, -0.2) is 22.3 Å². The van der Waals surface area contributed by atoms with Crippen LogP contribution in [0.1, 0.15) is 5.56 Å². The predicted molar refractivity (Wildman–Crippen MR) is 38.6 cm³/mol. The monoisotopic (exact) mass is 172 g/mol. The fourth-order valence-corrected chi connectivity index (χ4v) is 0.738. The quantitative estimate of drug-likeness (QED) is 0.537. The first-order chi connectivity index (χ1) is 5.61. The van der Waals surface area contributed by atoms with Gasteiger partial charge in [0.25, 0.3) is 5.56 Å². The Bertz CT molecular complexity index is 326. The van der Waals surface area contributed by atoms with Crippen molar-refractivity contribution in [3.63, 3.8) is 0 Å². The number of hydrogen-bond acceptors (Lipinski definition) is 4. The van der Waals surface area contributed by atoms with Gasteiger partial charge in [0.2, 0.25) is 0 Å². The Morgan fingerprint density at radius 1 is 1.83 bits per heavy atom. The Kier molecular flexibility index (Phi) is 2.29. The van der Waals surface area contributed by atoms with E-state index in [9.17, 15) is 9.59 Å². The van der Waals surface area contributed by atoms with Gasteiger partial charge in [-0.25, -0.2) is 0 Å². The highest BCUT2D eigenvalue weighted by molar-refractivity contribution is 5.73. The Labute approximate surface area is 66.9 Å². The maximum Gasteiger partial charge on any atom is 0.320 e. The second-order valence-corrected chi connectivity index (χ2v) is 2.34. The summed E-state index contributed by atoms with van der Waals surface area (Å²) in [5.41, 5.74) is 4.99. The van der Waals surface area contributed by atoms with Crippen LogP contribution < -0.4 is 11.3 Å². The zero-order valence-electron chi connectivity index (χ0n) is 6.11. The van der Waals surface area contributed by atoms with Crippen LogP contribution in [0.2, 0.25) is 0 Å². The maximum absolute atomic E-state index is 10.8. The fraction of sp³-hybridized carbons (Fsp3) is 0.333. The van der Waals surface area contributed by atoms with Gasteiger partial charge < -0.3 is 15.4 Å². The molecule has 4 N–H and O–H groups in total. The second kappa shape index (κ2) is 3.22. The third-order valence-electron chi connectivity index (χ3n) is 1.40. The molecule has 0 unspecified atom stereocenters. The molecular formula is C6H8N2O4. The van der Waals surface area contributed by atoms with E-state index in [0.29, 0.717) is 0 Å². The number of nitrogens with one attached hydrogen (secondary N) is 1. The first-order valence-corrected chi connectivity index (χ1v) is 3.24. The van der Waals surface area contributed by atoms with Crippen molar-refractivity contribution in [2.45, 2.75) is 12.5 Å². The van der Waals surface area contributed by atoms with Gasteiger partial charge in [0, 0.05) is 6.42 Å². The average Bonchev–Trinajstić information content (AvgIpc) is 2.36. The van der Waals surface area contributed by atoms with Gasteiger partial charge in [0.05, 0.1) is 5.56 Å². The molecule has 0 aliphatic heterocycles. The molecule has 0 amide bonds. The fourth-order valence-electron chi connectivity index (χ4n) is 0.738. The molecule has 0 saturated carbocycles. The van der Waals surface area contributed by atoms with Crippen LogP contribution in [0.5, 0.6) is 0 Å². The SMILES string of the molecule is N[C@H](Cc1co[nH]c1=O)C(=O)O. The van der Waals surface area contributed by atoms with Crippen LogP contribution >= 0.6 is 0 Å². The molecule has 0 spiro atoms. The number of rotatable bonds is 3. The summed E-state index contributed by atoms with van der Waals surface area (Å²) in [5, 5.41) is 10.4. The summed E-state index contributed by atoms with van der Waals surface area (Å²) in [6, 6.07) is -1.07. The normalized spacial score (nSPS) is 12.8. The second-order valence-electron chi connectivity index (χ2n) is 2.34. The zero-order chi connectivity index (χ0) is 9.14. The van der Waals surface area contributed by atoms with Crippen molar-refractivity contribution in [1.29, 1.82) is 0 Å². The molecule has 6 nitrogen and oxygen atoms in total. The van der Waals surface area contributed by atoms with E-state index >= 15 is 0 Å². The molecule has 1 rings (SSSR count). The van der Waals surface area contributed by atoms with E-state index in [1.165, 1.54) is 0 Å². The van der Waals surface area contributed by atoms with Crippen molar-refractivity contribution in [1.82, 2.24) is 5.16 Å². The molecule has 0 fully saturated rings. The summed E-state index contributed by atoms with van der Waals surface area (Å²) in [5.74, 6) is -1.14. The van der Waals surface area contributed by atoms with Crippen molar-refractivity contribution in [2.75, 3.05) is 0 Å². The number of aliphatic carboxylic acids is 1. The van der Waals surface area contributed by atoms with Gasteiger partial charge in [-0.15, -0.1) is 0 Å². The van der Waals surface area contributed by atoms with Gasteiger partial charge in [-0.05, 0) is 0 Å². The number of carboxylic acids is 1. The Morgan fingerprint density at radius 3 is 2.92 bits per heavy atom. The van der Waals surface area contributed by atoms with Crippen molar-refractivity contribution in [3.8, 4) is 0 Å². The molecule has 1 atom stereocenters. The van der Waals surface area contributed by atoms with Gasteiger partial charge in [0.1, 0.15) is 12.3 Å². The molecule has 12 heavy (non-hydrogen) atoms. The lowest BCUT2D eigenvalue weighted by Crippen LogP contribution is -2.33. The van der Waals surface area contributed by atoms with Gasteiger partial charge in [-0.3, -0.25) is 9.59 Å². The maximum atomic E-state index is 10.8. The first-order valence-electron chi connectivity index (χ1n) is 3.24. The summed E-state index contributed by atoms with van der Waals surface area (Å²) in [6.07, 6.45) is 1.13. The number of H-pyrrole nitrogens is 1. The molecule has 1 aromatic heterocycles. The van der Waals surface area contributed by atoms with Crippen LogP contribution in [0.4, 0.5) is 0 Å². The highest BCUT2D eigenvalue weighted by Crippen LogP contribution is 1.94. The highest BCUT2D eigenvalue weighted by atomic mass is 16.5. The van der Waals surface area contributed by atoms with Crippen molar-refractivity contribution < 1.29 is 14.4 Å². The minimum absolute atomic E-state index is 0.0266. The summed E-state index contributed by atoms with van der Waals surface area (Å²) < 4.78 is 4.44. The lowest BCUT2D eigenvalue weighted by atomic mass is 10.1.